The molecule has 0 bridgehead atoms. The van der Waals surface area contributed by atoms with E-state index in [2.05, 4.69) is 11.6 Å². The number of methoxy groups -OCH3 is 1. The highest BCUT2D eigenvalue weighted by atomic mass is 32.1. The van der Waals surface area contributed by atoms with Gasteiger partial charge in [-0.05, 0) is 47.0 Å². The molecule has 4 aromatic rings. The molecule has 1 aromatic heterocycles. The van der Waals surface area contributed by atoms with Crippen molar-refractivity contribution >= 4 is 40.1 Å². The molecule has 1 atom stereocenters. The number of ether oxygens (including phenoxy) is 3. The Hall–Kier alpha value is -4.76. The van der Waals surface area contributed by atoms with E-state index < -0.39 is 18.0 Å². The van der Waals surface area contributed by atoms with Crippen LogP contribution >= 0.6 is 11.3 Å². The fraction of sp³-hybridized carbons (Fsp3) is 0.161. The number of fused-ring (bicyclic) bond motifs is 2. The van der Waals surface area contributed by atoms with Gasteiger partial charge < -0.3 is 14.2 Å². The van der Waals surface area contributed by atoms with Crippen LogP contribution in [0.15, 0.2) is 94.4 Å². The fourth-order valence-electron chi connectivity index (χ4n) is 4.72. The number of carbonyl (C=O) groups is 2. The summed E-state index contributed by atoms with van der Waals surface area (Å²) < 4.78 is 18.1. The molecule has 2 heterocycles. The van der Waals surface area contributed by atoms with Gasteiger partial charge in [0.1, 0.15) is 6.61 Å². The maximum absolute atomic E-state index is 14.0. The van der Waals surface area contributed by atoms with E-state index in [0.717, 1.165) is 16.3 Å². The van der Waals surface area contributed by atoms with E-state index in [1.54, 1.807) is 25.1 Å². The largest absolute Gasteiger partial charge is 0.493 e. The van der Waals surface area contributed by atoms with E-state index in [9.17, 15) is 14.4 Å². The fourth-order valence-corrected chi connectivity index (χ4v) is 5.76. The van der Waals surface area contributed by atoms with Crippen molar-refractivity contribution in [1.29, 1.82) is 0 Å². The molecule has 202 valence electrons. The van der Waals surface area contributed by atoms with Crippen molar-refractivity contribution in [2.75, 3.05) is 13.7 Å². The maximum atomic E-state index is 14.0. The highest BCUT2D eigenvalue weighted by Gasteiger charge is 2.34. The summed E-state index contributed by atoms with van der Waals surface area (Å²) in [6.45, 7) is 6.62. The Balaban J connectivity index is 1.73. The molecule has 0 N–H and O–H groups in total. The number of carbonyl (C=O) groups excluding carboxylic acids is 2. The molecule has 8 nitrogen and oxygen atoms in total. The lowest BCUT2D eigenvalue weighted by Crippen LogP contribution is -2.40. The molecule has 1 unspecified atom stereocenters. The van der Waals surface area contributed by atoms with Crippen molar-refractivity contribution in [2.24, 2.45) is 4.99 Å². The minimum Gasteiger partial charge on any atom is -0.493 e. The first-order chi connectivity index (χ1) is 19.3. The number of allylic oxidation sites excluding steroid dienone is 1. The lowest BCUT2D eigenvalue weighted by Gasteiger charge is -2.25. The summed E-state index contributed by atoms with van der Waals surface area (Å²) in [7, 11) is 1.45. The number of hydrogen-bond acceptors (Lipinski definition) is 8. The molecule has 9 heteroatoms. The molecule has 0 aliphatic carbocycles. The van der Waals surface area contributed by atoms with Gasteiger partial charge in [0, 0.05) is 6.92 Å². The Kier molecular flexibility index (Phi) is 7.48. The normalized spacial score (nSPS) is 14.9. The second-order valence-corrected chi connectivity index (χ2v) is 10.1. The van der Waals surface area contributed by atoms with Crippen molar-refractivity contribution in [3.8, 4) is 11.5 Å². The Morgan fingerprint density at radius 1 is 1.10 bits per heavy atom. The average Bonchev–Trinajstić information content (AvgIpc) is 3.25. The van der Waals surface area contributed by atoms with Crippen LogP contribution in [0.4, 0.5) is 0 Å². The highest BCUT2D eigenvalue weighted by molar-refractivity contribution is 7.07. The Morgan fingerprint density at radius 2 is 1.88 bits per heavy atom. The van der Waals surface area contributed by atoms with Crippen LogP contribution in [0.2, 0.25) is 0 Å². The number of rotatable bonds is 7. The van der Waals surface area contributed by atoms with Crippen molar-refractivity contribution in [1.82, 2.24) is 4.57 Å². The van der Waals surface area contributed by atoms with Gasteiger partial charge in [-0.2, -0.15) is 0 Å². The zero-order valence-corrected chi connectivity index (χ0v) is 23.0. The lowest BCUT2D eigenvalue weighted by molar-refractivity contribution is -0.138. The molecule has 0 radical (unpaired) electrons. The van der Waals surface area contributed by atoms with E-state index >= 15 is 0 Å². The van der Waals surface area contributed by atoms with E-state index in [0.29, 0.717) is 20.6 Å². The van der Waals surface area contributed by atoms with Crippen molar-refractivity contribution in [2.45, 2.75) is 19.9 Å². The molecule has 0 fully saturated rings. The quantitative estimate of drug-likeness (QED) is 0.194. The van der Waals surface area contributed by atoms with Gasteiger partial charge in [0.05, 0.1) is 29.0 Å². The summed E-state index contributed by atoms with van der Waals surface area (Å²) in [5, 5.41) is 2.08. The van der Waals surface area contributed by atoms with Gasteiger partial charge in [0.2, 0.25) is 0 Å². The first-order valence-electron chi connectivity index (χ1n) is 12.5. The third-order valence-corrected chi connectivity index (χ3v) is 7.42. The third-order valence-electron chi connectivity index (χ3n) is 6.44. The Morgan fingerprint density at radius 3 is 2.62 bits per heavy atom. The predicted molar refractivity (Wildman–Crippen MR) is 153 cm³/mol. The number of thiazole rings is 1. The van der Waals surface area contributed by atoms with E-state index in [1.807, 2.05) is 48.5 Å². The minimum atomic E-state index is -0.858. The molecule has 0 saturated carbocycles. The van der Waals surface area contributed by atoms with Gasteiger partial charge in [0.25, 0.3) is 5.56 Å². The Bertz CT molecular complexity index is 1880. The van der Waals surface area contributed by atoms with Gasteiger partial charge in [-0.3, -0.25) is 14.2 Å². The molecule has 0 saturated heterocycles. The number of nitrogens with zero attached hydrogens (tertiary/aromatic N) is 2. The standard InChI is InChI=1S/C31H26N2O6S/c1-5-15-38-30(36)27-18(2)32-31-33(28(27)22-13-14-24(39-19(3)34)25(16-22)37-4)29(35)26(40-31)17-21-11-8-10-20-9-6-7-12-23(20)21/h5-14,16-17,28H,1,15H2,2-4H3. The second kappa shape index (κ2) is 11.2. The summed E-state index contributed by atoms with van der Waals surface area (Å²) in [6, 6.07) is 17.9. The summed E-state index contributed by atoms with van der Waals surface area (Å²) >= 11 is 1.25. The molecule has 0 spiro atoms. The van der Waals surface area contributed by atoms with Crippen LogP contribution in [0.25, 0.3) is 16.8 Å². The number of hydrogen-bond donors (Lipinski definition) is 0. The molecular weight excluding hydrogens is 528 g/mol. The van der Waals surface area contributed by atoms with Gasteiger partial charge in [-0.15, -0.1) is 0 Å². The first kappa shape index (κ1) is 26.8. The van der Waals surface area contributed by atoms with Crippen molar-refractivity contribution in [3.05, 3.63) is 115 Å². The van der Waals surface area contributed by atoms with Crippen LogP contribution < -0.4 is 24.4 Å². The van der Waals surface area contributed by atoms with Crippen molar-refractivity contribution < 1.29 is 23.8 Å². The predicted octanol–water partition coefficient (Wildman–Crippen LogP) is 4.05. The van der Waals surface area contributed by atoms with Crippen LogP contribution in [0.1, 0.15) is 31.0 Å². The average molecular weight is 555 g/mol. The zero-order chi connectivity index (χ0) is 28.4. The molecule has 1 aliphatic rings. The number of esters is 2. The van der Waals surface area contributed by atoms with E-state index in [4.69, 9.17) is 14.2 Å². The summed E-state index contributed by atoms with van der Waals surface area (Å²) in [5.74, 6) is -0.618. The first-order valence-corrected chi connectivity index (χ1v) is 13.3. The lowest BCUT2D eigenvalue weighted by atomic mass is 9.95. The van der Waals surface area contributed by atoms with E-state index in [1.165, 1.54) is 36.0 Å². The molecule has 40 heavy (non-hydrogen) atoms. The number of benzene rings is 3. The number of aromatic nitrogens is 1. The summed E-state index contributed by atoms with van der Waals surface area (Å²) in [5.41, 5.74) is 1.80. The van der Waals surface area contributed by atoms with Gasteiger partial charge in [-0.25, -0.2) is 9.79 Å². The summed E-state index contributed by atoms with van der Waals surface area (Å²) in [6.07, 6.45) is 3.32. The third kappa shape index (κ3) is 4.99. The molecule has 1 aliphatic heterocycles. The van der Waals surface area contributed by atoms with Gasteiger partial charge >= 0.3 is 11.9 Å². The van der Waals surface area contributed by atoms with Crippen LogP contribution in [0.3, 0.4) is 0 Å². The Labute approximate surface area is 233 Å². The van der Waals surface area contributed by atoms with Crippen LogP contribution in [0.5, 0.6) is 11.5 Å². The maximum Gasteiger partial charge on any atom is 0.338 e. The molecule has 3 aromatic carbocycles. The van der Waals surface area contributed by atoms with Crippen molar-refractivity contribution in [3.63, 3.8) is 0 Å². The van der Waals surface area contributed by atoms with Crippen LogP contribution in [-0.2, 0) is 14.3 Å². The molecule has 0 amide bonds. The highest BCUT2D eigenvalue weighted by Crippen LogP contribution is 2.36. The van der Waals surface area contributed by atoms with Crippen LogP contribution in [0, 0.1) is 0 Å². The second-order valence-electron chi connectivity index (χ2n) is 9.04. The summed E-state index contributed by atoms with van der Waals surface area (Å²) in [4.78, 5) is 43.9. The monoisotopic (exact) mass is 554 g/mol. The minimum absolute atomic E-state index is 0.00253. The molecule has 5 rings (SSSR count). The topological polar surface area (TPSA) is 96.2 Å². The van der Waals surface area contributed by atoms with Gasteiger partial charge in [0.15, 0.2) is 16.3 Å². The van der Waals surface area contributed by atoms with Gasteiger partial charge in [-0.1, -0.05) is 72.5 Å². The smallest absolute Gasteiger partial charge is 0.338 e. The van der Waals surface area contributed by atoms with E-state index in [-0.39, 0.29) is 29.2 Å². The SMILES string of the molecule is C=CCOC(=O)C1=C(C)N=c2sc(=Cc3cccc4ccccc34)c(=O)n2C1c1ccc(OC(C)=O)c(OC)c1. The van der Waals surface area contributed by atoms with Crippen LogP contribution in [-0.4, -0.2) is 30.2 Å². The zero-order valence-electron chi connectivity index (χ0n) is 22.2. The molecular formula is C31H26N2O6S.